The fraction of sp³-hybridized carbons (Fsp3) is 0.700. The van der Waals surface area contributed by atoms with Crippen molar-refractivity contribution in [1.29, 1.82) is 0 Å². The first-order chi connectivity index (χ1) is 5.59. The normalized spacial score (nSPS) is 12.6. The molecular formula is C10H16O2. The van der Waals surface area contributed by atoms with E-state index in [9.17, 15) is 9.90 Å². The average molecular weight is 168 g/mol. The topological polar surface area (TPSA) is 37.3 Å². The Hall–Kier alpha value is -0.810. The van der Waals surface area contributed by atoms with E-state index in [-0.39, 0.29) is 11.7 Å². The Morgan fingerprint density at radius 3 is 2.58 bits per heavy atom. The number of rotatable bonds is 5. The minimum Gasteiger partial charge on any atom is -0.385 e. The largest absolute Gasteiger partial charge is 0.385 e. The molecule has 12 heavy (non-hydrogen) atoms. The van der Waals surface area contributed by atoms with Crippen molar-refractivity contribution >= 4 is 5.78 Å². The first kappa shape index (κ1) is 11.2. The summed E-state index contributed by atoms with van der Waals surface area (Å²) in [4.78, 5) is 11.1. The molecule has 0 spiro atoms. The Morgan fingerprint density at radius 1 is 1.58 bits per heavy atom. The van der Waals surface area contributed by atoms with E-state index in [1.807, 2.05) is 13.8 Å². The summed E-state index contributed by atoms with van der Waals surface area (Å²) in [6.07, 6.45) is 5.89. The highest BCUT2D eigenvalue weighted by Gasteiger charge is 2.17. The molecule has 1 N–H and O–H groups in total. The molecule has 0 aromatic heterocycles. The van der Waals surface area contributed by atoms with Gasteiger partial charge in [0, 0.05) is 12.8 Å². The highest BCUT2D eigenvalue weighted by molar-refractivity contribution is 5.82. The summed E-state index contributed by atoms with van der Waals surface area (Å²) in [6.45, 7) is 3.65. The van der Waals surface area contributed by atoms with Crippen molar-refractivity contribution in [3.63, 3.8) is 0 Å². The zero-order chi connectivity index (χ0) is 9.56. The van der Waals surface area contributed by atoms with Crippen LogP contribution < -0.4 is 0 Å². The monoisotopic (exact) mass is 168 g/mol. The maximum atomic E-state index is 11.1. The van der Waals surface area contributed by atoms with Crippen molar-refractivity contribution in [1.82, 2.24) is 0 Å². The van der Waals surface area contributed by atoms with Crippen molar-refractivity contribution in [3.8, 4) is 12.3 Å². The summed E-state index contributed by atoms with van der Waals surface area (Å²) < 4.78 is 0. The van der Waals surface area contributed by atoms with Crippen LogP contribution >= 0.6 is 0 Å². The Bertz CT molecular complexity index is 177. The number of aliphatic hydroxyl groups excluding tert-OH is 1. The second-order valence-corrected chi connectivity index (χ2v) is 3.21. The minimum atomic E-state index is -0.817. The van der Waals surface area contributed by atoms with Crippen LogP contribution in [0.2, 0.25) is 0 Å². The fourth-order valence-electron chi connectivity index (χ4n) is 0.884. The van der Waals surface area contributed by atoms with Crippen LogP contribution in [0.25, 0.3) is 0 Å². The molecule has 0 bridgehead atoms. The van der Waals surface area contributed by atoms with Gasteiger partial charge in [0.05, 0.1) is 0 Å². The Morgan fingerprint density at radius 2 is 2.17 bits per heavy atom. The molecule has 0 saturated heterocycles. The van der Waals surface area contributed by atoms with E-state index in [0.29, 0.717) is 19.3 Å². The number of hydrogen-bond acceptors (Lipinski definition) is 2. The van der Waals surface area contributed by atoms with Crippen LogP contribution in [-0.4, -0.2) is 17.0 Å². The third-order valence-corrected chi connectivity index (χ3v) is 1.71. The second kappa shape index (κ2) is 5.79. The molecule has 0 aliphatic rings. The first-order valence-electron chi connectivity index (χ1n) is 4.23. The first-order valence-corrected chi connectivity index (χ1v) is 4.23. The predicted octanol–water partition coefficient (Wildman–Crippen LogP) is 1.38. The summed E-state index contributed by atoms with van der Waals surface area (Å²) >= 11 is 0. The lowest BCUT2D eigenvalue weighted by molar-refractivity contribution is -0.129. The number of carbonyl (C=O) groups excluding carboxylic acids is 1. The van der Waals surface area contributed by atoms with E-state index in [1.165, 1.54) is 0 Å². The second-order valence-electron chi connectivity index (χ2n) is 3.21. The quantitative estimate of drug-likeness (QED) is 0.497. The van der Waals surface area contributed by atoms with Crippen molar-refractivity contribution < 1.29 is 9.90 Å². The van der Waals surface area contributed by atoms with E-state index in [1.54, 1.807) is 0 Å². The molecule has 0 aromatic carbocycles. The van der Waals surface area contributed by atoms with Gasteiger partial charge in [-0.15, -0.1) is 12.3 Å². The fourth-order valence-corrected chi connectivity index (χ4v) is 0.884. The molecule has 1 unspecified atom stereocenters. The van der Waals surface area contributed by atoms with Crippen molar-refractivity contribution in [2.45, 2.75) is 39.2 Å². The minimum absolute atomic E-state index is 0.00309. The van der Waals surface area contributed by atoms with Gasteiger partial charge in [-0.3, -0.25) is 4.79 Å². The van der Waals surface area contributed by atoms with Crippen LogP contribution in [0.15, 0.2) is 0 Å². The van der Waals surface area contributed by atoms with Gasteiger partial charge in [0.25, 0.3) is 0 Å². The molecule has 0 fully saturated rings. The third-order valence-electron chi connectivity index (χ3n) is 1.71. The lowest BCUT2D eigenvalue weighted by Gasteiger charge is -2.11. The van der Waals surface area contributed by atoms with Crippen LogP contribution in [0.4, 0.5) is 0 Å². The number of carbonyl (C=O) groups is 1. The standard InChI is InChI=1S/C10H16O2/c1-4-5-6-7-9(11)10(12)8(2)3/h1,8,10,12H,5-7H2,2-3H3. The van der Waals surface area contributed by atoms with Crippen LogP contribution in [0.5, 0.6) is 0 Å². The maximum absolute atomic E-state index is 11.1. The molecule has 0 radical (unpaired) electrons. The summed E-state index contributed by atoms with van der Waals surface area (Å²) in [5.41, 5.74) is 0. The summed E-state index contributed by atoms with van der Waals surface area (Å²) in [7, 11) is 0. The van der Waals surface area contributed by atoms with Gasteiger partial charge < -0.3 is 5.11 Å². The molecule has 2 nitrogen and oxygen atoms in total. The SMILES string of the molecule is C#CCCCC(=O)C(O)C(C)C. The summed E-state index contributed by atoms with van der Waals surface area (Å²) in [5, 5.41) is 9.29. The molecule has 0 rings (SSSR count). The highest BCUT2D eigenvalue weighted by atomic mass is 16.3. The molecule has 0 amide bonds. The number of terminal acetylenes is 1. The molecule has 0 saturated carbocycles. The number of unbranched alkanes of at least 4 members (excludes halogenated alkanes) is 1. The maximum Gasteiger partial charge on any atom is 0.161 e. The number of aliphatic hydroxyl groups is 1. The van der Waals surface area contributed by atoms with Gasteiger partial charge in [-0.1, -0.05) is 13.8 Å². The molecule has 0 aliphatic carbocycles. The average Bonchev–Trinajstić information content (AvgIpc) is 2.03. The van der Waals surface area contributed by atoms with Gasteiger partial charge in [-0.2, -0.15) is 0 Å². The Labute approximate surface area is 74.0 Å². The van der Waals surface area contributed by atoms with E-state index < -0.39 is 6.10 Å². The molecular weight excluding hydrogens is 152 g/mol. The zero-order valence-electron chi connectivity index (χ0n) is 7.71. The van der Waals surface area contributed by atoms with Crippen LogP contribution in [-0.2, 0) is 4.79 Å². The van der Waals surface area contributed by atoms with Gasteiger partial charge in [0.1, 0.15) is 6.10 Å². The van der Waals surface area contributed by atoms with Crippen LogP contribution in [0.3, 0.4) is 0 Å². The van der Waals surface area contributed by atoms with E-state index in [4.69, 9.17) is 6.42 Å². The third kappa shape index (κ3) is 4.15. The summed E-state index contributed by atoms with van der Waals surface area (Å²) in [5.74, 6) is 2.36. The van der Waals surface area contributed by atoms with Gasteiger partial charge in [0.2, 0.25) is 0 Å². The Kier molecular flexibility index (Phi) is 5.40. The van der Waals surface area contributed by atoms with Gasteiger partial charge in [0.15, 0.2) is 5.78 Å². The zero-order valence-corrected chi connectivity index (χ0v) is 7.71. The van der Waals surface area contributed by atoms with Crippen molar-refractivity contribution in [3.05, 3.63) is 0 Å². The van der Waals surface area contributed by atoms with Crippen molar-refractivity contribution in [2.24, 2.45) is 5.92 Å². The number of hydrogen-bond donors (Lipinski definition) is 1. The van der Waals surface area contributed by atoms with Crippen molar-refractivity contribution in [2.75, 3.05) is 0 Å². The van der Waals surface area contributed by atoms with E-state index in [2.05, 4.69) is 5.92 Å². The smallest absolute Gasteiger partial charge is 0.161 e. The lowest BCUT2D eigenvalue weighted by atomic mass is 10.00. The number of ketones is 1. The van der Waals surface area contributed by atoms with Gasteiger partial charge in [-0.05, 0) is 12.3 Å². The van der Waals surface area contributed by atoms with Crippen LogP contribution in [0, 0.1) is 18.3 Å². The molecule has 0 aliphatic heterocycles. The van der Waals surface area contributed by atoms with E-state index >= 15 is 0 Å². The van der Waals surface area contributed by atoms with Gasteiger partial charge >= 0.3 is 0 Å². The molecule has 2 heteroatoms. The molecule has 68 valence electrons. The molecule has 1 atom stereocenters. The Balaban J connectivity index is 3.66. The van der Waals surface area contributed by atoms with Gasteiger partial charge in [-0.25, -0.2) is 0 Å². The molecule has 0 heterocycles. The summed E-state index contributed by atoms with van der Waals surface area (Å²) in [6, 6.07) is 0. The lowest BCUT2D eigenvalue weighted by Crippen LogP contribution is -2.25. The molecule has 0 aromatic rings. The predicted molar refractivity (Wildman–Crippen MR) is 48.5 cm³/mol. The van der Waals surface area contributed by atoms with Crippen LogP contribution in [0.1, 0.15) is 33.1 Å². The van der Waals surface area contributed by atoms with E-state index in [0.717, 1.165) is 0 Å². The highest BCUT2D eigenvalue weighted by Crippen LogP contribution is 2.06. The number of Topliss-reactive ketones (excluding diaryl/α,β-unsaturated/α-hetero) is 1.